The van der Waals surface area contributed by atoms with Gasteiger partial charge in [-0.2, -0.15) is 0 Å². The fourth-order valence-electron chi connectivity index (χ4n) is 1.98. The normalized spacial score (nSPS) is 10.6. The Morgan fingerprint density at radius 3 is 2.43 bits per heavy atom. The van der Waals surface area contributed by atoms with Crippen LogP contribution in [0.2, 0.25) is 0 Å². The molecule has 0 aliphatic carbocycles. The number of aryl methyl sites for hydroxylation is 1. The standard InChI is InChI=1S/C19H20O4/c1-14-4-6-16(7-5-14)13-23-17-10-8-15(12-18(17)21-2)9-11-19(20)22-3/h4-12H,13H2,1-3H3/b11-9+. The molecule has 0 unspecified atom stereocenters. The molecule has 0 aliphatic rings. The number of rotatable bonds is 6. The minimum atomic E-state index is -0.399. The van der Waals surface area contributed by atoms with Crippen molar-refractivity contribution in [2.75, 3.05) is 14.2 Å². The summed E-state index contributed by atoms with van der Waals surface area (Å²) in [6.45, 7) is 2.52. The summed E-state index contributed by atoms with van der Waals surface area (Å²) < 4.78 is 15.7. The fraction of sp³-hybridized carbons (Fsp3) is 0.211. The van der Waals surface area contributed by atoms with Gasteiger partial charge in [-0.1, -0.05) is 35.9 Å². The summed E-state index contributed by atoms with van der Waals surface area (Å²) in [5.41, 5.74) is 3.13. The van der Waals surface area contributed by atoms with Gasteiger partial charge in [0.1, 0.15) is 6.61 Å². The number of methoxy groups -OCH3 is 2. The Bertz CT molecular complexity index is 687. The molecule has 0 saturated carbocycles. The highest BCUT2D eigenvalue weighted by molar-refractivity contribution is 5.87. The molecule has 0 fully saturated rings. The first-order valence-corrected chi connectivity index (χ1v) is 7.25. The van der Waals surface area contributed by atoms with Crippen molar-refractivity contribution in [2.45, 2.75) is 13.5 Å². The maximum absolute atomic E-state index is 11.1. The Labute approximate surface area is 136 Å². The molecule has 2 aromatic carbocycles. The van der Waals surface area contributed by atoms with Crippen LogP contribution in [0, 0.1) is 6.92 Å². The van der Waals surface area contributed by atoms with Crippen LogP contribution in [0.1, 0.15) is 16.7 Å². The summed E-state index contributed by atoms with van der Waals surface area (Å²) in [4.78, 5) is 11.1. The van der Waals surface area contributed by atoms with Crippen molar-refractivity contribution in [2.24, 2.45) is 0 Å². The van der Waals surface area contributed by atoms with E-state index in [1.165, 1.54) is 18.7 Å². The van der Waals surface area contributed by atoms with E-state index in [0.29, 0.717) is 18.1 Å². The topological polar surface area (TPSA) is 44.8 Å². The Hall–Kier alpha value is -2.75. The lowest BCUT2D eigenvalue weighted by Crippen LogP contribution is -1.98. The first-order valence-electron chi connectivity index (χ1n) is 7.25. The van der Waals surface area contributed by atoms with E-state index in [0.717, 1.165) is 11.1 Å². The lowest BCUT2D eigenvalue weighted by atomic mass is 10.1. The molecule has 0 amide bonds. The predicted octanol–water partition coefficient (Wildman–Crippen LogP) is 3.77. The van der Waals surface area contributed by atoms with Crippen molar-refractivity contribution in [1.29, 1.82) is 0 Å². The second-order valence-corrected chi connectivity index (χ2v) is 5.04. The predicted molar refractivity (Wildman–Crippen MR) is 89.6 cm³/mol. The number of hydrogen-bond donors (Lipinski definition) is 0. The van der Waals surface area contributed by atoms with Gasteiger partial charge in [0, 0.05) is 6.08 Å². The second-order valence-electron chi connectivity index (χ2n) is 5.04. The minimum absolute atomic E-state index is 0.399. The molecule has 0 aliphatic heterocycles. The SMILES string of the molecule is COC(=O)/C=C/c1ccc(OCc2ccc(C)cc2)c(OC)c1. The molecule has 0 bridgehead atoms. The van der Waals surface area contributed by atoms with E-state index in [1.54, 1.807) is 13.2 Å². The summed E-state index contributed by atoms with van der Waals surface area (Å²) >= 11 is 0. The molecule has 4 heteroatoms. The first-order chi connectivity index (χ1) is 11.1. The number of carbonyl (C=O) groups is 1. The van der Waals surface area contributed by atoms with E-state index in [9.17, 15) is 4.79 Å². The Morgan fingerprint density at radius 1 is 1.04 bits per heavy atom. The van der Waals surface area contributed by atoms with E-state index in [1.807, 2.05) is 37.3 Å². The van der Waals surface area contributed by atoms with Crippen molar-refractivity contribution in [3.05, 3.63) is 65.2 Å². The lowest BCUT2D eigenvalue weighted by molar-refractivity contribution is -0.134. The van der Waals surface area contributed by atoms with Gasteiger partial charge in [0.2, 0.25) is 0 Å². The van der Waals surface area contributed by atoms with Gasteiger partial charge in [0.15, 0.2) is 11.5 Å². The zero-order valence-electron chi connectivity index (χ0n) is 13.5. The monoisotopic (exact) mass is 312 g/mol. The van der Waals surface area contributed by atoms with E-state index in [2.05, 4.69) is 16.9 Å². The molecule has 0 heterocycles. The molecular weight excluding hydrogens is 292 g/mol. The molecule has 0 atom stereocenters. The zero-order valence-corrected chi connectivity index (χ0v) is 13.5. The van der Waals surface area contributed by atoms with Gasteiger partial charge < -0.3 is 14.2 Å². The molecule has 0 radical (unpaired) electrons. The smallest absolute Gasteiger partial charge is 0.330 e. The van der Waals surface area contributed by atoms with Crippen LogP contribution >= 0.6 is 0 Å². The van der Waals surface area contributed by atoms with Crippen LogP contribution < -0.4 is 9.47 Å². The molecule has 0 saturated heterocycles. The Morgan fingerprint density at radius 2 is 1.78 bits per heavy atom. The van der Waals surface area contributed by atoms with Gasteiger partial charge >= 0.3 is 5.97 Å². The van der Waals surface area contributed by atoms with Crippen molar-refractivity contribution in [1.82, 2.24) is 0 Å². The summed E-state index contributed by atoms with van der Waals surface area (Å²) in [6, 6.07) is 13.7. The number of carbonyl (C=O) groups excluding carboxylic acids is 1. The molecule has 4 nitrogen and oxygen atoms in total. The van der Waals surface area contributed by atoms with E-state index in [-0.39, 0.29) is 0 Å². The largest absolute Gasteiger partial charge is 0.493 e. The van der Waals surface area contributed by atoms with Gasteiger partial charge in [-0.25, -0.2) is 4.79 Å². The first kappa shape index (κ1) is 16.6. The third-order valence-corrected chi connectivity index (χ3v) is 3.32. The van der Waals surface area contributed by atoms with E-state index in [4.69, 9.17) is 9.47 Å². The quantitative estimate of drug-likeness (QED) is 0.601. The molecule has 23 heavy (non-hydrogen) atoms. The van der Waals surface area contributed by atoms with Crippen molar-refractivity contribution >= 4 is 12.0 Å². The van der Waals surface area contributed by atoms with Gasteiger partial charge in [0.05, 0.1) is 14.2 Å². The highest BCUT2D eigenvalue weighted by Gasteiger charge is 2.05. The van der Waals surface area contributed by atoms with Crippen LogP contribution in [0.3, 0.4) is 0 Å². The molecule has 2 rings (SSSR count). The van der Waals surface area contributed by atoms with E-state index < -0.39 is 5.97 Å². The number of benzene rings is 2. The van der Waals surface area contributed by atoms with Gasteiger partial charge in [-0.3, -0.25) is 0 Å². The van der Waals surface area contributed by atoms with Crippen LogP contribution in [-0.4, -0.2) is 20.2 Å². The zero-order chi connectivity index (χ0) is 16.7. The van der Waals surface area contributed by atoms with Crippen LogP contribution in [-0.2, 0) is 16.1 Å². The van der Waals surface area contributed by atoms with Crippen LogP contribution in [0.15, 0.2) is 48.5 Å². The van der Waals surface area contributed by atoms with Gasteiger partial charge in [-0.15, -0.1) is 0 Å². The molecule has 2 aromatic rings. The highest BCUT2D eigenvalue weighted by atomic mass is 16.5. The fourth-order valence-corrected chi connectivity index (χ4v) is 1.98. The van der Waals surface area contributed by atoms with E-state index >= 15 is 0 Å². The number of ether oxygens (including phenoxy) is 3. The molecular formula is C19H20O4. The summed E-state index contributed by atoms with van der Waals surface area (Å²) in [7, 11) is 2.93. The average Bonchev–Trinajstić information content (AvgIpc) is 2.59. The second kappa shape index (κ2) is 8.03. The third kappa shape index (κ3) is 4.88. The maximum atomic E-state index is 11.1. The summed E-state index contributed by atoms with van der Waals surface area (Å²) in [5.74, 6) is 0.871. The number of hydrogen-bond acceptors (Lipinski definition) is 4. The summed E-state index contributed by atoms with van der Waals surface area (Å²) in [5, 5.41) is 0. The van der Waals surface area contributed by atoms with Crippen LogP contribution in [0.4, 0.5) is 0 Å². The molecule has 0 spiro atoms. The van der Waals surface area contributed by atoms with Crippen molar-refractivity contribution in [3.8, 4) is 11.5 Å². The minimum Gasteiger partial charge on any atom is -0.493 e. The average molecular weight is 312 g/mol. The van der Waals surface area contributed by atoms with Crippen LogP contribution in [0.5, 0.6) is 11.5 Å². The molecule has 120 valence electrons. The van der Waals surface area contributed by atoms with Crippen molar-refractivity contribution in [3.63, 3.8) is 0 Å². The lowest BCUT2D eigenvalue weighted by Gasteiger charge is -2.11. The number of esters is 1. The highest BCUT2D eigenvalue weighted by Crippen LogP contribution is 2.29. The van der Waals surface area contributed by atoms with Gasteiger partial charge in [0.25, 0.3) is 0 Å². The third-order valence-electron chi connectivity index (χ3n) is 3.32. The maximum Gasteiger partial charge on any atom is 0.330 e. The van der Waals surface area contributed by atoms with Gasteiger partial charge in [-0.05, 0) is 36.3 Å². The molecule has 0 aromatic heterocycles. The Balaban J connectivity index is 2.08. The summed E-state index contributed by atoms with van der Waals surface area (Å²) in [6.07, 6.45) is 3.03. The van der Waals surface area contributed by atoms with Crippen molar-refractivity contribution < 1.29 is 19.0 Å². The molecule has 0 N–H and O–H groups in total. The van der Waals surface area contributed by atoms with Crippen LogP contribution in [0.25, 0.3) is 6.08 Å². The Kier molecular flexibility index (Phi) is 5.80.